The van der Waals surface area contributed by atoms with Crippen LogP contribution in [0.25, 0.3) is 6.08 Å². The molecule has 0 amide bonds. The van der Waals surface area contributed by atoms with Crippen molar-refractivity contribution in [1.82, 2.24) is 4.79 Å². The lowest BCUT2D eigenvalue weighted by atomic mass is 10.0. The molecule has 0 unspecified atom stereocenters. The second kappa shape index (κ2) is 6.42. The molecule has 5 heteroatoms. The molecule has 1 aromatic rings. The Hall–Kier alpha value is -1.65. The van der Waals surface area contributed by atoms with Crippen molar-refractivity contribution in [2.24, 2.45) is 5.92 Å². The Morgan fingerprint density at radius 1 is 1.33 bits per heavy atom. The fourth-order valence-electron chi connectivity index (χ4n) is 2.48. The molecule has 0 aromatic carbocycles. The molecule has 1 aliphatic heterocycles. The molecule has 0 fully saturated rings. The highest BCUT2D eigenvalue weighted by atomic mass is 19.2. The smallest absolute Gasteiger partial charge is 0.248 e. The van der Waals surface area contributed by atoms with Crippen LogP contribution in [-0.4, -0.2) is 22.7 Å². The molecular formula is C16H21BF2N2+. The third-order valence-electron chi connectivity index (χ3n) is 3.74. The molecule has 21 heavy (non-hydrogen) atoms. The average Bonchev–Trinajstić information content (AvgIpc) is 2.92. The summed E-state index contributed by atoms with van der Waals surface area (Å²) in [6, 6.07) is 1.78. The number of aryl methyl sites for hydroxylation is 2. The molecule has 0 aliphatic carbocycles. The molecule has 1 aliphatic rings. The second-order valence-corrected chi connectivity index (χ2v) is 5.93. The van der Waals surface area contributed by atoms with E-state index in [2.05, 4.69) is 13.8 Å². The van der Waals surface area contributed by atoms with Gasteiger partial charge in [0.05, 0.1) is 5.69 Å². The minimum atomic E-state index is 0.462. The van der Waals surface area contributed by atoms with Crippen molar-refractivity contribution in [1.29, 1.82) is 0 Å². The van der Waals surface area contributed by atoms with Gasteiger partial charge in [0, 0.05) is 30.3 Å². The minimum Gasteiger partial charge on any atom is -0.248 e. The van der Waals surface area contributed by atoms with E-state index in [1.165, 1.54) is 4.49 Å². The van der Waals surface area contributed by atoms with Crippen LogP contribution in [0.1, 0.15) is 43.6 Å². The molecule has 0 N–H and O–H groups in total. The summed E-state index contributed by atoms with van der Waals surface area (Å²) in [6.45, 7) is 7.84. The summed E-state index contributed by atoms with van der Waals surface area (Å²) in [5.74, 6) is 0.563. The van der Waals surface area contributed by atoms with Crippen LogP contribution in [0, 0.1) is 19.8 Å². The Kier molecular flexibility index (Phi) is 4.81. The quantitative estimate of drug-likeness (QED) is 0.720. The van der Waals surface area contributed by atoms with Gasteiger partial charge in [-0.15, -0.1) is 0 Å². The van der Waals surface area contributed by atoms with Gasteiger partial charge in [-0.25, -0.2) is 8.80 Å². The number of hydrogen-bond donors (Lipinski definition) is 0. The van der Waals surface area contributed by atoms with Crippen LogP contribution < -0.4 is 0 Å². The lowest BCUT2D eigenvalue weighted by molar-refractivity contribution is -0.319. The molecular weight excluding hydrogens is 269 g/mol. The first-order valence-electron chi connectivity index (χ1n) is 7.27. The zero-order valence-electron chi connectivity index (χ0n) is 13.0. The van der Waals surface area contributed by atoms with Gasteiger partial charge in [0.2, 0.25) is 0 Å². The molecule has 0 saturated heterocycles. The summed E-state index contributed by atoms with van der Waals surface area (Å²) < 4.78 is 28.7. The summed E-state index contributed by atoms with van der Waals surface area (Å²) in [7, 11) is 0.551. The van der Waals surface area contributed by atoms with Gasteiger partial charge >= 0.3 is 7.69 Å². The number of hydrogen-bond acceptors (Lipinski definition) is 0. The topological polar surface area (TPSA) is 7.94 Å². The highest BCUT2D eigenvalue weighted by Gasteiger charge is 2.26. The van der Waals surface area contributed by atoms with Crippen LogP contribution in [0.4, 0.5) is 8.80 Å². The van der Waals surface area contributed by atoms with Gasteiger partial charge < -0.3 is 0 Å². The number of aromatic nitrogens is 1. The fourth-order valence-corrected chi connectivity index (χ4v) is 2.48. The van der Waals surface area contributed by atoms with Gasteiger partial charge in [0.15, 0.2) is 11.4 Å². The molecule has 111 valence electrons. The summed E-state index contributed by atoms with van der Waals surface area (Å²) in [6.07, 6.45) is 7.21. The Morgan fingerprint density at radius 3 is 2.57 bits per heavy atom. The van der Waals surface area contributed by atoms with E-state index in [1.807, 2.05) is 19.1 Å². The van der Waals surface area contributed by atoms with E-state index < -0.39 is 0 Å². The van der Waals surface area contributed by atoms with E-state index in [1.54, 1.807) is 19.1 Å². The number of nitrogens with zero attached hydrogens (tertiary/aromatic N) is 2. The number of rotatable bonds is 5. The summed E-state index contributed by atoms with van der Waals surface area (Å²) in [4.78, 5) is 0.638. The van der Waals surface area contributed by atoms with Gasteiger partial charge in [-0.2, -0.15) is 4.79 Å². The van der Waals surface area contributed by atoms with E-state index in [9.17, 15) is 8.80 Å². The molecule has 0 atom stereocenters. The highest BCUT2D eigenvalue weighted by molar-refractivity contribution is 6.19. The van der Waals surface area contributed by atoms with Gasteiger partial charge in [0.1, 0.15) is 0 Å². The van der Waals surface area contributed by atoms with Crippen LogP contribution >= 0.6 is 0 Å². The van der Waals surface area contributed by atoms with E-state index in [0.717, 1.165) is 24.1 Å². The number of halogens is 2. The molecule has 0 spiro atoms. The third kappa shape index (κ3) is 3.34. The summed E-state index contributed by atoms with van der Waals surface area (Å²) in [5, 5.41) is 0. The number of allylic oxidation sites excluding steroid dienone is 2. The molecule has 1 aromatic heterocycles. The largest absolute Gasteiger partial charge is 0.792 e. The molecule has 1 radical (unpaired) electrons. The molecule has 0 bridgehead atoms. The first-order chi connectivity index (χ1) is 9.93. The van der Waals surface area contributed by atoms with Crippen LogP contribution in [0.15, 0.2) is 23.9 Å². The van der Waals surface area contributed by atoms with Crippen LogP contribution in [0.3, 0.4) is 0 Å². The predicted octanol–water partition coefficient (Wildman–Crippen LogP) is 4.14. The summed E-state index contributed by atoms with van der Waals surface area (Å²) >= 11 is 0. The van der Waals surface area contributed by atoms with Crippen molar-refractivity contribution in [3.8, 4) is 0 Å². The van der Waals surface area contributed by atoms with E-state index in [-0.39, 0.29) is 0 Å². The third-order valence-corrected chi connectivity index (χ3v) is 3.74. The van der Waals surface area contributed by atoms with Crippen molar-refractivity contribution in [3.05, 3.63) is 40.9 Å². The van der Waals surface area contributed by atoms with Crippen LogP contribution in [-0.2, 0) is 0 Å². The standard InChI is InChI=1S/C16H21BF2N2/c1-11(2)5-6-14-7-8-15(20(14)17-18)10-16-12(3)9-13(4)21(16)19/h7-11H,5-6H2,1-4H3/q+1. The predicted molar refractivity (Wildman–Crippen MR) is 83.7 cm³/mol. The van der Waals surface area contributed by atoms with Crippen molar-refractivity contribution < 1.29 is 13.3 Å². The zero-order chi connectivity index (χ0) is 15.6. The molecule has 2 rings (SSSR count). The van der Waals surface area contributed by atoms with E-state index in [0.29, 0.717) is 35.5 Å². The normalized spacial score (nSPS) is 16.6. The van der Waals surface area contributed by atoms with Crippen LogP contribution in [0.5, 0.6) is 0 Å². The van der Waals surface area contributed by atoms with E-state index >= 15 is 0 Å². The second-order valence-electron chi connectivity index (χ2n) is 5.93. The van der Waals surface area contributed by atoms with Crippen LogP contribution in [0.2, 0.25) is 0 Å². The van der Waals surface area contributed by atoms with Crippen molar-refractivity contribution >= 4 is 19.5 Å². The average molecular weight is 290 g/mol. The Bertz CT molecular complexity index is 624. The maximum absolute atomic E-state index is 14.0. The first kappa shape index (κ1) is 15.7. The minimum absolute atomic E-state index is 0.462. The lowest BCUT2D eigenvalue weighted by Gasteiger charge is -2.03. The van der Waals surface area contributed by atoms with Gasteiger partial charge in [-0.1, -0.05) is 18.3 Å². The molecule has 2 heterocycles. The SMILES string of the molecule is Cc1cc(C)n(F)c1/C=C1/C=CC(CCC(C)C)=[N+]1[B]F. The molecule has 0 saturated carbocycles. The van der Waals surface area contributed by atoms with Crippen molar-refractivity contribution in [2.75, 3.05) is 0 Å². The van der Waals surface area contributed by atoms with E-state index in [4.69, 9.17) is 0 Å². The Morgan fingerprint density at radius 2 is 2.05 bits per heavy atom. The monoisotopic (exact) mass is 290 g/mol. The lowest BCUT2D eigenvalue weighted by Crippen LogP contribution is -2.17. The Balaban J connectivity index is 2.32. The first-order valence-corrected chi connectivity index (χ1v) is 7.27. The van der Waals surface area contributed by atoms with Crippen molar-refractivity contribution in [3.63, 3.8) is 0 Å². The van der Waals surface area contributed by atoms with Crippen molar-refractivity contribution in [2.45, 2.75) is 40.5 Å². The van der Waals surface area contributed by atoms with Gasteiger partial charge in [-0.05, 0) is 37.8 Å². The van der Waals surface area contributed by atoms with Gasteiger partial charge in [-0.3, -0.25) is 0 Å². The Labute approximate surface area is 125 Å². The van der Waals surface area contributed by atoms with Gasteiger partial charge in [0.25, 0.3) is 0 Å². The molecule has 2 nitrogen and oxygen atoms in total. The maximum atomic E-state index is 14.0. The zero-order valence-corrected chi connectivity index (χ0v) is 13.0. The summed E-state index contributed by atoms with van der Waals surface area (Å²) in [5.41, 5.74) is 3.40. The maximum Gasteiger partial charge on any atom is 0.792 e. The highest BCUT2D eigenvalue weighted by Crippen LogP contribution is 2.21. The fraction of sp³-hybridized carbons (Fsp3) is 0.438.